The molecule has 4 aromatic rings. The van der Waals surface area contributed by atoms with Crippen molar-refractivity contribution >= 4 is 34.2 Å². The fourth-order valence-electron chi connectivity index (χ4n) is 5.03. The molecule has 186 valence electrons. The lowest BCUT2D eigenvalue weighted by Gasteiger charge is -2.18. The molecule has 0 bridgehead atoms. The first-order valence-corrected chi connectivity index (χ1v) is 13.1. The van der Waals surface area contributed by atoms with E-state index in [0.717, 1.165) is 47.7 Å². The summed E-state index contributed by atoms with van der Waals surface area (Å²) in [4.78, 5) is 19.8. The van der Waals surface area contributed by atoms with Gasteiger partial charge in [0.2, 0.25) is 5.91 Å². The Morgan fingerprint density at radius 1 is 1.00 bits per heavy atom. The largest absolute Gasteiger partial charge is 0.493 e. The topological polar surface area (TPSA) is 47.4 Å². The number of carbonyl (C=O) groups excluding carboxylic acids is 1. The van der Waals surface area contributed by atoms with E-state index in [1.165, 1.54) is 5.56 Å². The highest BCUT2D eigenvalue weighted by Gasteiger charge is 2.34. The van der Waals surface area contributed by atoms with Crippen LogP contribution < -0.4 is 9.64 Å². The van der Waals surface area contributed by atoms with Crippen LogP contribution in [0.1, 0.15) is 56.3 Å². The van der Waals surface area contributed by atoms with Gasteiger partial charge in [-0.1, -0.05) is 55.8 Å². The molecule has 1 unspecified atom stereocenters. The molecule has 1 aliphatic heterocycles. The second-order valence-electron chi connectivity index (χ2n) is 9.74. The fourth-order valence-corrected chi connectivity index (χ4v) is 5.16. The predicted molar refractivity (Wildman–Crippen MR) is 146 cm³/mol. The van der Waals surface area contributed by atoms with Gasteiger partial charge in [0.25, 0.3) is 0 Å². The van der Waals surface area contributed by atoms with E-state index in [1.807, 2.05) is 41.3 Å². The molecule has 3 aromatic carbocycles. The molecule has 1 saturated heterocycles. The molecule has 5 rings (SSSR count). The highest BCUT2D eigenvalue weighted by atomic mass is 35.5. The van der Waals surface area contributed by atoms with Crippen molar-refractivity contribution in [1.29, 1.82) is 0 Å². The van der Waals surface area contributed by atoms with Gasteiger partial charge >= 0.3 is 0 Å². The van der Waals surface area contributed by atoms with Crippen molar-refractivity contribution in [3.05, 3.63) is 89.2 Å². The lowest BCUT2D eigenvalue weighted by molar-refractivity contribution is -0.117. The van der Waals surface area contributed by atoms with Gasteiger partial charge in [-0.25, -0.2) is 4.98 Å². The zero-order chi connectivity index (χ0) is 25.1. The van der Waals surface area contributed by atoms with E-state index in [-0.39, 0.29) is 11.8 Å². The number of fused-ring (bicyclic) bond motifs is 1. The smallest absolute Gasteiger partial charge is 0.227 e. The second kappa shape index (κ2) is 10.8. The summed E-state index contributed by atoms with van der Waals surface area (Å²) in [5.41, 5.74) is 4.23. The molecule has 2 heterocycles. The molecule has 1 atom stereocenters. The van der Waals surface area contributed by atoms with Crippen molar-refractivity contribution in [2.75, 3.05) is 18.1 Å². The van der Waals surface area contributed by atoms with E-state index < -0.39 is 0 Å². The van der Waals surface area contributed by atoms with Crippen LogP contribution in [0.2, 0.25) is 5.02 Å². The number of unbranched alkanes of at least 4 members (excludes halogenated alkanes) is 1. The minimum absolute atomic E-state index is 0.0507. The van der Waals surface area contributed by atoms with Crippen LogP contribution in [-0.2, 0) is 11.3 Å². The quantitative estimate of drug-likeness (QED) is 0.228. The number of para-hydroxylation sites is 3. The summed E-state index contributed by atoms with van der Waals surface area (Å²) in [6, 6.07) is 24.0. The maximum Gasteiger partial charge on any atom is 0.227 e. The third kappa shape index (κ3) is 5.12. The minimum Gasteiger partial charge on any atom is -0.493 e. The Kier molecular flexibility index (Phi) is 7.28. The Bertz CT molecular complexity index is 1350. The molecular weight excluding hydrogens is 470 g/mol. The molecule has 1 fully saturated rings. The van der Waals surface area contributed by atoms with E-state index in [9.17, 15) is 4.79 Å². The number of ether oxygens (including phenoxy) is 1. The third-order valence-corrected chi connectivity index (χ3v) is 7.14. The molecule has 0 radical (unpaired) electrons. The van der Waals surface area contributed by atoms with E-state index in [4.69, 9.17) is 21.3 Å². The number of nitrogens with zero attached hydrogens (tertiary/aromatic N) is 3. The number of aromatic nitrogens is 2. The number of hydrogen-bond donors (Lipinski definition) is 0. The zero-order valence-corrected chi connectivity index (χ0v) is 21.6. The van der Waals surface area contributed by atoms with Gasteiger partial charge in [-0.3, -0.25) is 4.79 Å². The van der Waals surface area contributed by atoms with Gasteiger partial charge in [0.05, 0.1) is 17.6 Å². The van der Waals surface area contributed by atoms with Crippen LogP contribution >= 0.6 is 11.6 Å². The van der Waals surface area contributed by atoms with Gasteiger partial charge in [0.15, 0.2) is 0 Å². The summed E-state index contributed by atoms with van der Waals surface area (Å²) in [6.45, 7) is 6.53. The van der Waals surface area contributed by atoms with Crippen molar-refractivity contribution < 1.29 is 9.53 Å². The first kappa shape index (κ1) is 24.4. The van der Waals surface area contributed by atoms with Gasteiger partial charge in [-0.2, -0.15) is 0 Å². The molecule has 1 aromatic heterocycles. The number of anilines is 1. The Hall–Kier alpha value is -3.31. The number of hydrogen-bond acceptors (Lipinski definition) is 3. The first-order chi connectivity index (χ1) is 17.5. The maximum absolute atomic E-state index is 12.9. The summed E-state index contributed by atoms with van der Waals surface area (Å²) in [5, 5.41) is 0.667. The zero-order valence-electron chi connectivity index (χ0n) is 20.9. The van der Waals surface area contributed by atoms with E-state index in [0.29, 0.717) is 30.5 Å². The monoisotopic (exact) mass is 501 g/mol. The molecule has 36 heavy (non-hydrogen) atoms. The number of benzene rings is 3. The Morgan fingerprint density at radius 2 is 1.75 bits per heavy atom. The lowest BCUT2D eigenvalue weighted by Crippen LogP contribution is -2.24. The molecule has 5 nitrogen and oxygen atoms in total. The fraction of sp³-hybridized carbons (Fsp3) is 0.333. The molecular formula is C30H32ClN3O2. The summed E-state index contributed by atoms with van der Waals surface area (Å²) in [5.74, 6) is 2.58. The van der Waals surface area contributed by atoms with Crippen LogP contribution in [0.15, 0.2) is 72.8 Å². The van der Waals surface area contributed by atoms with Crippen LogP contribution in [0, 0.1) is 0 Å². The molecule has 6 heteroatoms. The van der Waals surface area contributed by atoms with Gasteiger partial charge < -0.3 is 14.2 Å². The summed E-state index contributed by atoms with van der Waals surface area (Å²) in [6.07, 6.45) is 2.37. The van der Waals surface area contributed by atoms with Gasteiger partial charge in [-0.15, -0.1) is 0 Å². The average molecular weight is 502 g/mol. The highest BCUT2D eigenvalue weighted by molar-refractivity contribution is 6.30. The third-order valence-electron chi connectivity index (χ3n) is 6.89. The normalized spacial score (nSPS) is 15.8. The van der Waals surface area contributed by atoms with Crippen molar-refractivity contribution in [1.82, 2.24) is 9.55 Å². The predicted octanol–water partition coefficient (Wildman–Crippen LogP) is 7.19. The van der Waals surface area contributed by atoms with Gasteiger partial charge in [0, 0.05) is 36.1 Å². The van der Waals surface area contributed by atoms with Crippen LogP contribution in [0.3, 0.4) is 0 Å². The van der Waals surface area contributed by atoms with Crippen molar-refractivity contribution in [2.45, 2.75) is 51.5 Å². The molecule has 1 amide bonds. The number of rotatable bonds is 9. The number of amides is 1. The summed E-state index contributed by atoms with van der Waals surface area (Å²) < 4.78 is 8.44. The van der Waals surface area contributed by atoms with Crippen LogP contribution in [0.25, 0.3) is 11.0 Å². The first-order valence-electron chi connectivity index (χ1n) is 12.7. The van der Waals surface area contributed by atoms with E-state index >= 15 is 0 Å². The molecule has 0 saturated carbocycles. The van der Waals surface area contributed by atoms with E-state index in [2.05, 4.69) is 54.8 Å². The number of carbonyl (C=O) groups is 1. The van der Waals surface area contributed by atoms with Crippen LogP contribution in [-0.4, -0.2) is 28.6 Å². The molecule has 0 spiro atoms. The lowest BCUT2D eigenvalue weighted by atomic mass is 10.0. The molecule has 1 aliphatic rings. The molecule has 0 N–H and O–H groups in total. The Labute approximate surface area is 217 Å². The van der Waals surface area contributed by atoms with Crippen molar-refractivity contribution in [3.63, 3.8) is 0 Å². The highest BCUT2D eigenvalue weighted by Crippen LogP contribution is 2.34. The number of halogens is 1. The summed E-state index contributed by atoms with van der Waals surface area (Å²) >= 11 is 6.05. The van der Waals surface area contributed by atoms with Crippen molar-refractivity contribution in [2.24, 2.45) is 0 Å². The number of aryl methyl sites for hydroxylation is 1. The van der Waals surface area contributed by atoms with Gasteiger partial charge in [0.1, 0.15) is 11.6 Å². The standard InChI is InChI=1S/C30H32ClN3O2/c1-21(2)25-9-3-6-12-28(25)36-18-8-7-17-33-27-11-5-4-10-26(27)32-30(33)22-19-29(35)34(20-22)24-15-13-23(31)14-16-24/h3-6,9-16,21-22H,7-8,17-20H2,1-2H3. The maximum atomic E-state index is 12.9. The Balaban J connectivity index is 1.28. The van der Waals surface area contributed by atoms with Crippen LogP contribution in [0.5, 0.6) is 5.75 Å². The second-order valence-corrected chi connectivity index (χ2v) is 10.2. The van der Waals surface area contributed by atoms with Crippen LogP contribution in [0.4, 0.5) is 5.69 Å². The summed E-state index contributed by atoms with van der Waals surface area (Å²) in [7, 11) is 0. The Morgan fingerprint density at radius 3 is 2.56 bits per heavy atom. The molecule has 0 aliphatic carbocycles. The number of imidazole rings is 1. The van der Waals surface area contributed by atoms with E-state index in [1.54, 1.807) is 0 Å². The minimum atomic E-state index is 0.0507. The average Bonchev–Trinajstić information content (AvgIpc) is 3.45. The van der Waals surface area contributed by atoms with Gasteiger partial charge in [-0.05, 0) is 66.8 Å². The van der Waals surface area contributed by atoms with Crippen molar-refractivity contribution in [3.8, 4) is 5.75 Å². The SMILES string of the molecule is CC(C)c1ccccc1OCCCCn1c(C2CC(=O)N(c3ccc(Cl)cc3)C2)nc2ccccc21.